The highest BCUT2D eigenvalue weighted by molar-refractivity contribution is 5.96. The first-order valence-electron chi connectivity index (χ1n) is 7.29. The number of hydrogen-bond acceptors (Lipinski definition) is 5. The van der Waals surface area contributed by atoms with Crippen LogP contribution in [0.15, 0.2) is 0 Å². The lowest BCUT2D eigenvalue weighted by atomic mass is 9.63. The highest BCUT2D eigenvalue weighted by atomic mass is 16.6. The predicted octanol–water partition coefficient (Wildman–Crippen LogP) is 1.90. The van der Waals surface area contributed by atoms with Crippen LogP contribution in [0.4, 0.5) is 5.69 Å². The number of aromatic amines is 1. The molecule has 122 valence electrons. The molecule has 0 spiro atoms. The molecule has 1 amide bonds. The maximum Gasteiger partial charge on any atom is 0.322 e. The summed E-state index contributed by atoms with van der Waals surface area (Å²) in [5.74, 6) is -0.441. The Kier molecular flexibility index (Phi) is 4.23. The van der Waals surface area contributed by atoms with Crippen LogP contribution in [0.2, 0.25) is 0 Å². The van der Waals surface area contributed by atoms with Crippen LogP contribution in [0.25, 0.3) is 0 Å². The van der Waals surface area contributed by atoms with Gasteiger partial charge in [0.25, 0.3) is 5.91 Å². The number of carbonyl (C=O) groups excluding carboxylic acids is 1. The van der Waals surface area contributed by atoms with Crippen molar-refractivity contribution in [3.05, 3.63) is 21.5 Å². The highest BCUT2D eigenvalue weighted by Gasteiger charge is 2.52. The molecule has 1 saturated carbocycles. The molecular weight excluding hydrogens is 288 g/mol. The summed E-state index contributed by atoms with van der Waals surface area (Å²) in [7, 11) is 1.66. The lowest BCUT2D eigenvalue weighted by molar-refractivity contribution is -0.385. The summed E-state index contributed by atoms with van der Waals surface area (Å²) in [6.45, 7) is 8.17. The van der Waals surface area contributed by atoms with Gasteiger partial charge in [-0.2, -0.15) is 5.10 Å². The van der Waals surface area contributed by atoms with Gasteiger partial charge < -0.3 is 9.64 Å². The number of aromatic nitrogens is 2. The fraction of sp³-hybridized carbons (Fsp3) is 0.714. The van der Waals surface area contributed by atoms with Crippen LogP contribution in [0.3, 0.4) is 0 Å². The number of ether oxygens (including phenoxy) is 1. The summed E-state index contributed by atoms with van der Waals surface area (Å²) < 4.78 is 5.66. The zero-order valence-corrected chi connectivity index (χ0v) is 13.5. The number of hydrogen-bond donors (Lipinski definition) is 1. The van der Waals surface area contributed by atoms with Crippen LogP contribution >= 0.6 is 0 Å². The Hall–Kier alpha value is -1.96. The van der Waals surface area contributed by atoms with Gasteiger partial charge >= 0.3 is 5.69 Å². The Balaban J connectivity index is 2.20. The predicted molar refractivity (Wildman–Crippen MR) is 79.7 cm³/mol. The standard InChI is InChI=1S/C14H22N4O4/c1-6-22-10-7-9(14(10,3)4)17(5)13(19)11-12(18(20)21)8(2)15-16-11/h9-10H,6-7H2,1-5H3,(H,15,16)/t9-,10-/m0/s1. The van der Waals surface area contributed by atoms with E-state index in [0.29, 0.717) is 6.61 Å². The van der Waals surface area contributed by atoms with Crippen molar-refractivity contribution in [2.45, 2.75) is 46.3 Å². The van der Waals surface area contributed by atoms with E-state index in [-0.39, 0.29) is 34.6 Å². The molecule has 8 nitrogen and oxygen atoms in total. The molecule has 0 unspecified atom stereocenters. The van der Waals surface area contributed by atoms with E-state index in [0.717, 1.165) is 6.42 Å². The third-order valence-electron chi connectivity index (χ3n) is 4.58. The molecule has 1 aliphatic rings. The van der Waals surface area contributed by atoms with Gasteiger partial charge in [-0.1, -0.05) is 13.8 Å². The zero-order chi connectivity index (χ0) is 16.7. The second kappa shape index (κ2) is 5.68. The summed E-state index contributed by atoms with van der Waals surface area (Å²) >= 11 is 0. The van der Waals surface area contributed by atoms with Gasteiger partial charge in [0.15, 0.2) is 0 Å². The second-order valence-electron chi connectivity index (χ2n) is 6.24. The third kappa shape index (κ3) is 2.47. The smallest absolute Gasteiger partial charge is 0.322 e. The van der Waals surface area contributed by atoms with E-state index < -0.39 is 10.8 Å². The number of nitrogens with zero attached hydrogens (tertiary/aromatic N) is 3. The minimum Gasteiger partial charge on any atom is -0.378 e. The van der Waals surface area contributed by atoms with Gasteiger partial charge in [0.05, 0.1) is 11.0 Å². The molecule has 1 aliphatic carbocycles. The average Bonchev–Trinajstić information content (AvgIpc) is 2.83. The van der Waals surface area contributed by atoms with Gasteiger partial charge in [-0.15, -0.1) is 0 Å². The minimum atomic E-state index is -0.575. The van der Waals surface area contributed by atoms with E-state index in [2.05, 4.69) is 10.2 Å². The van der Waals surface area contributed by atoms with E-state index in [4.69, 9.17) is 4.74 Å². The van der Waals surface area contributed by atoms with E-state index in [1.54, 1.807) is 7.05 Å². The molecular formula is C14H22N4O4. The fourth-order valence-electron chi connectivity index (χ4n) is 3.11. The van der Waals surface area contributed by atoms with Crippen LogP contribution in [-0.2, 0) is 4.74 Å². The fourth-order valence-corrected chi connectivity index (χ4v) is 3.11. The molecule has 8 heteroatoms. The average molecular weight is 310 g/mol. The molecule has 1 heterocycles. The van der Waals surface area contributed by atoms with Crippen LogP contribution in [0.1, 0.15) is 43.4 Å². The lowest BCUT2D eigenvalue weighted by Crippen LogP contribution is -2.62. The van der Waals surface area contributed by atoms with E-state index in [9.17, 15) is 14.9 Å². The van der Waals surface area contributed by atoms with Crippen molar-refractivity contribution in [3.63, 3.8) is 0 Å². The maximum absolute atomic E-state index is 12.6. The molecule has 1 aromatic rings. The molecule has 0 aromatic carbocycles. The Morgan fingerprint density at radius 2 is 2.23 bits per heavy atom. The zero-order valence-electron chi connectivity index (χ0n) is 13.5. The molecule has 0 saturated heterocycles. The van der Waals surface area contributed by atoms with Crippen molar-refractivity contribution in [3.8, 4) is 0 Å². The van der Waals surface area contributed by atoms with Crippen molar-refractivity contribution in [1.29, 1.82) is 0 Å². The van der Waals surface area contributed by atoms with Crippen LogP contribution < -0.4 is 0 Å². The normalized spacial score (nSPS) is 23.0. The van der Waals surface area contributed by atoms with Crippen molar-refractivity contribution in [2.75, 3.05) is 13.7 Å². The second-order valence-corrected chi connectivity index (χ2v) is 6.24. The van der Waals surface area contributed by atoms with Gasteiger partial charge in [0.2, 0.25) is 5.69 Å². The van der Waals surface area contributed by atoms with Gasteiger partial charge in [0, 0.05) is 25.1 Å². The first kappa shape index (κ1) is 16.4. The Morgan fingerprint density at radius 1 is 1.59 bits per heavy atom. The topological polar surface area (TPSA) is 101 Å². The number of rotatable bonds is 5. The largest absolute Gasteiger partial charge is 0.378 e. The maximum atomic E-state index is 12.6. The molecule has 0 radical (unpaired) electrons. The highest BCUT2D eigenvalue weighted by Crippen LogP contribution is 2.45. The first-order chi connectivity index (χ1) is 10.2. The summed E-state index contributed by atoms with van der Waals surface area (Å²) in [6.07, 6.45) is 0.814. The number of H-pyrrole nitrogens is 1. The van der Waals surface area contributed by atoms with E-state index >= 15 is 0 Å². The lowest BCUT2D eigenvalue weighted by Gasteiger charge is -2.54. The number of nitro groups is 1. The number of aryl methyl sites for hydroxylation is 1. The molecule has 22 heavy (non-hydrogen) atoms. The Labute approximate surface area is 129 Å². The van der Waals surface area contributed by atoms with Crippen LogP contribution in [0.5, 0.6) is 0 Å². The van der Waals surface area contributed by atoms with Gasteiger partial charge in [-0.3, -0.25) is 20.0 Å². The molecule has 1 N–H and O–H groups in total. The summed E-state index contributed by atoms with van der Waals surface area (Å²) in [4.78, 5) is 24.6. The third-order valence-corrected chi connectivity index (χ3v) is 4.58. The minimum absolute atomic E-state index is 0.0341. The van der Waals surface area contributed by atoms with Crippen LogP contribution in [0, 0.1) is 22.5 Å². The quantitative estimate of drug-likeness (QED) is 0.661. The first-order valence-corrected chi connectivity index (χ1v) is 7.29. The SMILES string of the molecule is CCO[C@H]1C[C@H](N(C)C(=O)c2n[nH]c(C)c2[N+](=O)[O-])C1(C)C. The van der Waals surface area contributed by atoms with Gasteiger partial charge in [-0.25, -0.2) is 0 Å². The Morgan fingerprint density at radius 3 is 2.73 bits per heavy atom. The summed E-state index contributed by atoms with van der Waals surface area (Å²) in [5, 5.41) is 17.4. The van der Waals surface area contributed by atoms with Crippen molar-refractivity contribution in [2.24, 2.45) is 5.41 Å². The molecule has 0 aliphatic heterocycles. The summed E-state index contributed by atoms with van der Waals surface area (Å²) in [6, 6.07) is -0.0341. The monoisotopic (exact) mass is 310 g/mol. The van der Waals surface area contributed by atoms with E-state index in [1.807, 2.05) is 20.8 Å². The van der Waals surface area contributed by atoms with Gasteiger partial charge in [0.1, 0.15) is 5.69 Å². The molecule has 0 bridgehead atoms. The molecule has 1 fully saturated rings. The molecule has 1 aromatic heterocycles. The molecule has 2 atom stereocenters. The van der Waals surface area contributed by atoms with E-state index in [1.165, 1.54) is 11.8 Å². The van der Waals surface area contributed by atoms with Crippen molar-refractivity contribution < 1.29 is 14.5 Å². The number of amides is 1. The van der Waals surface area contributed by atoms with Crippen LogP contribution in [-0.4, -0.2) is 51.7 Å². The van der Waals surface area contributed by atoms with Crippen molar-refractivity contribution >= 4 is 11.6 Å². The number of nitrogens with one attached hydrogen (secondary N) is 1. The number of carbonyl (C=O) groups is 1. The van der Waals surface area contributed by atoms with Gasteiger partial charge in [-0.05, 0) is 20.3 Å². The molecule has 2 rings (SSSR count). The summed E-state index contributed by atoms with van der Waals surface area (Å²) in [5.41, 5.74) is -0.307. The Bertz CT molecular complexity index is 596. The van der Waals surface area contributed by atoms with Crippen molar-refractivity contribution in [1.82, 2.24) is 15.1 Å².